The SMILES string of the molecule is CNC(=O)c1ccc(Cl)c(NC(=O)c2ccccc2C)c1. The molecule has 0 aliphatic heterocycles. The molecular weight excluding hydrogens is 288 g/mol. The van der Waals surface area contributed by atoms with Gasteiger partial charge in [0.05, 0.1) is 10.7 Å². The summed E-state index contributed by atoms with van der Waals surface area (Å²) in [5.74, 6) is -0.498. The largest absolute Gasteiger partial charge is 0.355 e. The molecule has 0 aliphatic rings. The van der Waals surface area contributed by atoms with Crippen molar-refractivity contribution in [2.24, 2.45) is 0 Å². The van der Waals surface area contributed by atoms with Crippen LogP contribution in [-0.4, -0.2) is 18.9 Å². The Balaban J connectivity index is 2.29. The van der Waals surface area contributed by atoms with Gasteiger partial charge in [0.2, 0.25) is 0 Å². The minimum Gasteiger partial charge on any atom is -0.355 e. The number of aryl methyl sites for hydroxylation is 1. The van der Waals surface area contributed by atoms with Crippen LogP contribution in [0.5, 0.6) is 0 Å². The standard InChI is InChI=1S/C16H15ClN2O2/c1-10-5-3-4-6-12(10)16(21)19-14-9-11(15(20)18-2)7-8-13(14)17/h3-9H,1-2H3,(H,18,20)(H,19,21). The zero-order valence-corrected chi connectivity index (χ0v) is 12.5. The van der Waals surface area contributed by atoms with E-state index in [9.17, 15) is 9.59 Å². The van der Waals surface area contributed by atoms with E-state index in [1.165, 1.54) is 0 Å². The van der Waals surface area contributed by atoms with E-state index in [2.05, 4.69) is 10.6 Å². The first kappa shape index (κ1) is 15.1. The first-order chi connectivity index (χ1) is 10.0. The van der Waals surface area contributed by atoms with Gasteiger partial charge in [-0.05, 0) is 36.8 Å². The summed E-state index contributed by atoms with van der Waals surface area (Å²) >= 11 is 6.07. The summed E-state index contributed by atoms with van der Waals surface area (Å²) < 4.78 is 0. The highest BCUT2D eigenvalue weighted by atomic mass is 35.5. The maximum absolute atomic E-state index is 12.3. The molecule has 4 nitrogen and oxygen atoms in total. The summed E-state index contributed by atoms with van der Waals surface area (Å²) in [4.78, 5) is 23.9. The molecule has 0 aliphatic carbocycles. The minimum absolute atomic E-state index is 0.238. The Kier molecular flexibility index (Phi) is 4.60. The third-order valence-electron chi connectivity index (χ3n) is 3.09. The molecule has 2 amide bonds. The number of hydrogen-bond acceptors (Lipinski definition) is 2. The number of anilines is 1. The van der Waals surface area contributed by atoms with Gasteiger partial charge in [0.25, 0.3) is 11.8 Å². The molecule has 0 atom stereocenters. The van der Waals surface area contributed by atoms with Gasteiger partial charge >= 0.3 is 0 Å². The summed E-state index contributed by atoms with van der Waals surface area (Å²) in [7, 11) is 1.54. The van der Waals surface area contributed by atoms with Crippen LogP contribution in [0, 0.1) is 6.92 Å². The van der Waals surface area contributed by atoms with E-state index < -0.39 is 0 Å². The topological polar surface area (TPSA) is 58.2 Å². The van der Waals surface area contributed by atoms with Crippen LogP contribution >= 0.6 is 11.6 Å². The third-order valence-corrected chi connectivity index (χ3v) is 3.42. The lowest BCUT2D eigenvalue weighted by Crippen LogP contribution is -2.19. The number of nitrogens with one attached hydrogen (secondary N) is 2. The molecule has 2 rings (SSSR count). The number of carbonyl (C=O) groups excluding carboxylic acids is 2. The Morgan fingerprint density at radius 3 is 2.43 bits per heavy atom. The Morgan fingerprint density at radius 2 is 1.76 bits per heavy atom. The van der Waals surface area contributed by atoms with E-state index in [-0.39, 0.29) is 11.8 Å². The van der Waals surface area contributed by atoms with Gasteiger partial charge in [-0.2, -0.15) is 0 Å². The molecule has 2 N–H and O–H groups in total. The molecule has 0 radical (unpaired) electrons. The first-order valence-electron chi connectivity index (χ1n) is 6.41. The van der Waals surface area contributed by atoms with Crippen molar-refractivity contribution in [2.45, 2.75) is 6.92 Å². The van der Waals surface area contributed by atoms with E-state index in [0.717, 1.165) is 5.56 Å². The second kappa shape index (κ2) is 6.41. The van der Waals surface area contributed by atoms with Gasteiger partial charge in [0.15, 0.2) is 0 Å². The summed E-state index contributed by atoms with van der Waals surface area (Å²) in [6.07, 6.45) is 0. The fourth-order valence-corrected chi connectivity index (χ4v) is 2.09. The molecule has 108 valence electrons. The number of benzene rings is 2. The van der Waals surface area contributed by atoms with Crippen LogP contribution < -0.4 is 10.6 Å². The van der Waals surface area contributed by atoms with Crippen LogP contribution in [0.2, 0.25) is 5.02 Å². The fourth-order valence-electron chi connectivity index (χ4n) is 1.92. The second-order valence-corrected chi connectivity index (χ2v) is 4.95. The second-order valence-electron chi connectivity index (χ2n) is 4.54. The van der Waals surface area contributed by atoms with Gasteiger partial charge in [-0.1, -0.05) is 29.8 Å². The molecule has 0 fully saturated rings. The van der Waals surface area contributed by atoms with E-state index >= 15 is 0 Å². The fraction of sp³-hybridized carbons (Fsp3) is 0.125. The van der Waals surface area contributed by atoms with Crippen molar-refractivity contribution >= 4 is 29.1 Å². The highest BCUT2D eigenvalue weighted by Gasteiger charge is 2.12. The third kappa shape index (κ3) is 3.41. The minimum atomic E-state index is -0.260. The van der Waals surface area contributed by atoms with Crippen LogP contribution in [0.15, 0.2) is 42.5 Å². The summed E-state index contributed by atoms with van der Waals surface area (Å²) in [6.45, 7) is 1.86. The monoisotopic (exact) mass is 302 g/mol. The number of carbonyl (C=O) groups is 2. The first-order valence-corrected chi connectivity index (χ1v) is 6.79. The van der Waals surface area contributed by atoms with Crippen molar-refractivity contribution in [3.8, 4) is 0 Å². The molecule has 0 spiro atoms. The van der Waals surface area contributed by atoms with Crippen LogP contribution in [0.25, 0.3) is 0 Å². The lowest BCUT2D eigenvalue weighted by atomic mass is 10.1. The maximum Gasteiger partial charge on any atom is 0.255 e. The number of hydrogen-bond donors (Lipinski definition) is 2. The number of amides is 2. The molecule has 0 bridgehead atoms. The van der Waals surface area contributed by atoms with Crippen molar-refractivity contribution in [1.82, 2.24) is 5.32 Å². The van der Waals surface area contributed by atoms with Gasteiger partial charge in [0, 0.05) is 18.2 Å². The Labute approximate surface area is 128 Å². The molecule has 2 aromatic rings. The molecule has 0 unspecified atom stereocenters. The number of halogens is 1. The smallest absolute Gasteiger partial charge is 0.255 e. The summed E-state index contributed by atoms with van der Waals surface area (Å²) in [6, 6.07) is 12.0. The molecule has 5 heteroatoms. The van der Waals surface area contributed by atoms with Crippen LogP contribution in [-0.2, 0) is 0 Å². The van der Waals surface area contributed by atoms with Crippen molar-refractivity contribution < 1.29 is 9.59 Å². The highest BCUT2D eigenvalue weighted by Crippen LogP contribution is 2.24. The molecule has 2 aromatic carbocycles. The number of rotatable bonds is 3. The van der Waals surface area contributed by atoms with Crippen LogP contribution in [0.3, 0.4) is 0 Å². The normalized spacial score (nSPS) is 10.0. The maximum atomic E-state index is 12.3. The highest BCUT2D eigenvalue weighted by molar-refractivity contribution is 6.34. The van der Waals surface area contributed by atoms with Gasteiger partial charge in [-0.15, -0.1) is 0 Å². The van der Waals surface area contributed by atoms with Gasteiger partial charge in [-0.25, -0.2) is 0 Å². The van der Waals surface area contributed by atoms with E-state index in [0.29, 0.717) is 21.8 Å². The van der Waals surface area contributed by atoms with Gasteiger partial charge in [-0.3, -0.25) is 9.59 Å². The average molecular weight is 303 g/mol. The van der Waals surface area contributed by atoms with Crippen molar-refractivity contribution in [2.75, 3.05) is 12.4 Å². The predicted molar refractivity (Wildman–Crippen MR) is 84.0 cm³/mol. The van der Waals surface area contributed by atoms with E-state index in [1.54, 1.807) is 37.4 Å². The Morgan fingerprint density at radius 1 is 1.05 bits per heavy atom. The quantitative estimate of drug-likeness (QED) is 0.914. The van der Waals surface area contributed by atoms with E-state index in [1.807, 2.05) is 19.1 Å². The van der Waals surface area contributed by atoms with Crippen molar-refractivity contribution in [1.29, 1.82) is 0 Å². The molecule has 0 aromatic heterocycles. The molecule has 21 heavy (non-hydrogen) atoms. The Hall–Kier alpha value is -2.33. The van der Waals surface area contributed by atoms with Crippen LogP contribution in [0.4, 0.5) is 5.69 Å². The average Bonchev–Trinajstić information content (AvgIpc) is 2.49. The lowest BCUT2D eigenvalue weighted by molar-refractivity contribution is 0.0961. The molecular formula is C16H15ClN2O2. The van der Waals surface area contributed by atoms with Crippen molar-refractivity contribution in [3.63, 3.8) is 0 Å². The molecule has 0 saturated carbocycles. The van der Waals surface area contributed by atoms with Gasteiger partial charge in [0.1, 0.15) is 0 Å². The molecule has 0 heterocycles. The predicted octanol–water partition coefficient (Wildman–Crippen LogP) is 3.26. The molecule has 0 saturated heterocycles. The zero-order chi connectivity index (χ0) is 15.4. The van der Waals surface area contributed by atoms with Gasteiger partial charge < -0.3 is 10.6 Å². The lowest BCUT2D eigenvalue weighted by Gasteiger charge is -2.10. The van der Waals surface area contributed by atoms with E-state index in [4.69, 9.17) is 11.6 Å². The van der Waals surface area contributed by atoms with Crippen LogP contribution in [0.1, 0.15) is 26.3 Å². The van der Waals surface area contributed by atoms with Crippen molar-refractivity contribution in [3.05, 3.63) is 64.2 Å². The zero-order valence-electron chi connectivity index (χ0n) is 11.7. The summed E-state index contributed by atoms with van der Waals surface area (Å²) in [5, 5.41) is 5.64. The Bertz CT molecular complexity index is 698. The summed E-state index contributed by atoms with van der Waals surface area (Å²) in [5.41, 5.74) is 2.28.